The van der Waals surface area contributed by atoms with Gasteiger partial charge in [-0.05, 0) is 48.8 Å². The zero-order valence-corrected chi connectivity index (χ0v) is 12.8. The summed E-state index contributed by atoms with van der Waals surface area (Å²) in [7, 11) is 1.75. The van der Waals surface area contributed by atoms with Crippen molar-refractivity contribution in [3.05, 3.63) is 52.7 Å². The second-order valence-corrected chi connectivity index (χ2v) is 6.38. The van der Waals surface area contributed by atoms with Crippen molar-refractivity contribution in [3.63, 3.8) is 0 Å². The van der Waals surface area contributed by atoms with Gasteiger partial charge in [0.05, 0.1) is 0 Å². The third-order valence-electron chi connectivity index (χ3n) is 3.65. The van der Waals surface area contributed by atoms with Crippen LogP contribution in [0.1, 0.15) is 51.2 Å². The van der Waals surface area contributed by atoms with Crippen molar-refractivity contribution < 1.29 is 12.8 Å². The number of aromatic nitrogens is 1. The molecular formula is C19H26N+. The smallest absolute Gasteiger partial charge is 0.201 e. The fraction of sp³-hybridized carbons (Fsp3) is 0.421. The van der Waals surface area contributed by atoms with Gasteiger partial charge in [0.15, 0.2) is 6.20 Å². The Balaban J connectivity index is 2.80. The van der Waals surface area contributed by atoms with Gasteiger partial charge < -0.3 is 0 Å². The molecule has 0 aliphatic heterocycles. The summed E-state index contributed by atoms with van der Waals surface area (Å²) >= 11 is 0. The third kappa shape index (κ3) is 2.77. The molecule has 20 heavy (non-hydrogen) atoms. The van der Waals surface area contributed by atoms with Crippen molar-refractivity contribution in [2.45, 2.75) is 46.8 Å². The Morgan fingerprint density at radius 1 is 1.00 bits per heavy atom. The first-order valence-corrected chi connectivity index (χ1v) is 6.78. The summed E-state index contributed by atoms with van der Waals surface area (Å²) in [5, 5.41) is 0. The fourth-order valence-electron chi connectivity index (χ4n) is 2.28. The van der Waals surface area contributed by atoms with Crippen LogP contribution in [0.25, 0.3) is 11.3 Å². The van der Waals surface area contributed by atoms with Gasteiger partial charge in [0.1, 0.15) is 7.05 Å². The highest BCUT2D eigenvalue weighted by atomic mass is 14.9. The minimum Gasteiger partial charge on any atom is -0.201 e. The third-order valence-corrected chi connectivity index (χ3v) is 3.65. The van der Waals surface area contributed by atoms with Gasteiger partial charge >= 0.3 is 0 Å². The molecule has 0 aliphatic rings. The summed E-state index contributed by atoms with van der Waals surface area (Å²) < 4.78 is 48.2. The Hall–Kier alpha value is -1.63. The van der Waals surface area contributed by atoms with Crippen LogP contribution in [0.3, 0.4) is 0 Å². The topological polar surface area (TPSA) is 3.88 Å². The van der Waals surface area contributed by atoms with E-state index in [2.05, 4.69) is 32.9 Å². The molecule has 0 aliphatic carbocycles. The van der Waals surface area contributed by atoms with Gasteiger partial charge in [-0.3, -0.25) is 0 Å². The van der Waals surface area contributed by atoms with E-state index in [1.807, 2.05) is 13.0 Å². The zero-order valence-electron chi connectivity index (χ0n) is 18.8. The molecule has 2 aromatic rings. The van der Waals surface area contributed by atoms with Gasteiger partial charge in [-0.25, -0.2) is 4.57 Å². The van der Waals surface area contributed by atoms with Gasteiger partial charge in [-0.15, -0.1) is 0 Å². The van der Waals surface area contributed by atoms with E-state index in [0.29, 0.717) is 5.69 Å². The van der Waals surface area contributed by atoms with Gasteiger partial charge in [-0.1, -0.05) is 32.9 Å². The van der Waals surface area contributed by atoms with Crippen molar-refractivity contribution in [2.24, 2.45) is 7.05 Å². The van der Waals surface area contributed by atoms with E-state index in [1.165, 1.54) is 12.3 Å². The van der Waals surface area contributed by atoms with Crippen molar-refractivity contribution >= 4 is 0 Å². The van der Waals surface area contributed by atoms with Crippen molar-refractivity contribution in [3.8, 4) is 11.3 Å². The molecule has 106 valence electrons. The standard InChI is InChI=1S/C19H26N/c1-13-8-9-16(19(4,5)6)11-17(13)18-10-14(2)15(3)12-20(18)7/h8-12H,1-7H3/q+1/i2D3,3D3. The normalized spacial score (nSPS) is 17.4. The lowest BCUT2D eigenvalue weighted by Crippen LogP contribution is -2.31. The molecule has 0 N–H and O–H groups in total. The molecule has 1 heteroatoms. The Bertz CT molecular complexity index is 826. The molecule has 0 saturated carbocycles. The second-order valence-electron chi connectivity index (χ2n) is 6.38. The van der Waals surface area contributed by atoms with Gasteiger partial charge in [0.2, 0.25) is 5.69 Å². The molecule has 1 nitrogen and oxygen atoms in total. The Kier molecular flexibility index (Phi) is 2.17. The monoisotopic (exact) mass is 274 g/mol. The van der Waals surface area contributed by atoms with Gasteiger partial charge in [-0.2, -0.15) is 0 Å². The fourth-order valence-corrected chi connectivity index (χ4v) is 2.28. The van der Waals surface area contributed by atoms with Crippen LogP contribution in [-0.4, -0.2) is 0 Å². The van der Waals surface area contributed by atoms with Crippen molar-refractivity contribution in [2.75, 3.05) is 0 Å². The minimum absolute atomic E-state index is 0.0491. The molecule has 0 atom stereocenters. The summed E-state index contributed by atoms with van der Waals surface area (Å²) in [6.07, 6.45) is 1.42. The van der Waals surface area contributed by atoms with Crippen molar-refractivity contribution in [1.29, 1.82) is 0 Å². The maximum absolute atomic E-state index is 7.79. The van der Waals surface area contributed by atoms with Crippen LogP contribution in [-0.2, 0) is 12.5 Å². The van der Waals surface area contributed by atoms with E-state index >= 15 is 0 Å². The first-order valence-electron chi connectivity index (χ1n) is 9.78. The van der Waals surface area contributed by atoms with E-state index in [1.54, 1.807) is 11.6 Å². The molecule has 0 bridgehead atoms. The minimum atomic E-state index is -2.50. The van der Waals surface area contributed by atoms with Crippen LogP contribution < -0.4 is 4.57 Å². The van der Waals surface area contributed by atoms with Crippen LogP contribution in [0.5, 0.6) is 0 Å². The predicted molar refractivity (Wildman–Crippen MR) is 86.0 cm³/mol. The maximum atomic E-state index is 7.79. The Morgan fingerprint density at radius 2 is 1.70 bits per heavy atom. The molecule has 0 amide bonds. The number of rotatable bonds is 1. The highest BCUT2D eigenvalue weighted by molar-refractivity contribution is 5.63. The number of aryl methyl sites for hydroxylation is 4. The van der Waals surface area contributed by atoms with Crippen LogP contribution in [0.15, 0.2) is 30.5 Å². The SMILES string of the molecule is [2H]C([2H])([2H])c1cc(-c2cc(C(C)(C)C)ccc2C)[n+](C)cc1C([2H])([2H])[2H]. The van der Waals surface area contributed by atoms with Crippen LogP contribution in [0, 0.1) is 20.6 Å². The van der Waals surface area contributed by atoms with Gasteiger partial charge in [0.25, 0.3) is 0 Å². The lowest BCUT2D eigenvalue weighted by atomic mass is 9.84. The second kappa shape index (κ2) is 5.05. The quantitative estimate of drug-likeness (QED) is 0.679. The summed E-state index contributed by atoms with van der Waals surface area (Å²) in [6, 6.07) is 7.65. The lowest BCUT2D eigenvalue weighted by molar-refractivity contribution is -0.660. The Labute approximate surface area is 131 Å². The summed E-state index contributed by atoms with van der Waals surface area (Å²) in [6.45, 7) is 3.34. The van der Waals surface area contributed by atoms with Crippen LogP contribution >= 0.6 is 0 Å². The average molecular weight is 274 g/mol. The van der Waals surface area contributed by atoms with Crippen LogP contribution in [0.2, 0.25) is 0 Å². The largest absolute Gasteiger partial charge is 0.212 e. The van der Waals surface area contributed by atoms with E-state index in [0.717, 1.165) is 16.7 Å². The molecule has 0 fully saturated rings. The van der Waals surface area contributed by atoms with Crippen LogP contribution in [0.4, 0.5) is 0 Å². The highest BCUT2D eigenvalue weighted by Crippen LogP contribution is 2.29. The molecule has 2 rings (SSSR count). The zero-order chi connectivity index (χ0) is 20.1. The molecule has 1 heterocycles. The lowest BCUT2D eigenvalue weighted by Gasteiger charge is -2.20. The Morgan fingerprint density at radius 3 is 2.30 bits per heavy atom. The summed E-state index contributed by atoms with van der Waals surface area (Å²) in [4.78, 5) is 0. The number of hydrogen-bond donors (Lipinski definition) is 0. The summed E-state index contributed by atoms with van der Waals surface area (Å²) in [5.74, 6) is 0. The van der Waals surface area contributed by atoms with E-state index < -0.39 is 13.7 Å². The number of benzene rings is 1. The molecule has 1 aromatic carbocycles. The van der Waals surface area contributed by atoms with E-state index in [-0.39, 0.29) is 16.5 Å². The maximum Gasteiger partial charge on any atom is 0.212 e. The van der Waals surface area contributed by atoms with E-state index in [9.17, 15) is 0 Å². The number of hydrogen-bond acceptors (Lipinski definition) is 0. The average Bonchev–Trinajstić information content (AvgIpc) is 2.44. The highest BCUT2D eigenvalue weighted by Gasteiger charge is 2.19. The van der Waals surface area contributed by atoms with Crippen molar-refractivity contribution in [1.82, 2.24) is 0 Å². The molecule has 0 radical (unpaired) electrons. The first-order chi connectivity index (χ1) is 11.6. The molecule has 0 saturated heterocycles. The van der Waals surface area contributed by atoms with Gasteiger partial charge in [0, 0.05) is 25.4 Å². The predicted octanol–water partition coefficient (Wildman–Crippen LogP) is 4.40. The molecule has 0 spiro atoms. The number of nitrogens with zero attached hydrogens (tertiary/aromatic N) is 1. The first kappa shape index (κ1) is 8.61. The summed E-state index contributed by atoms with van der Waals surface area (Å²) in [5.41, 5.74) is 3.43. The molecule has 1 aromatic heterocycles. The van der Waals surface area contributed by atoms with E-state index in [4.69, 9.17) is 8.22 Å². The molecular weight excluding hydrogens is 242 g/mol. The number of pyridine rings is 1. The molecule has 0 unspecified atom stereocenters.